The van der Waals surface area contributed by atoms with E-state index in [2.05, 4.69) is 36.3 Å². The molecule has 2 heteroatoms. The van der Waals surface area contributed by atoms with Gasteiger partial charge in [0.2, 0.25) is 0 Å². The van der Waals surface area contributed by atoms with Gasteiger partial charge < -0.3 is 5.32 Å². The first-order chi connectivity index (χ1) is 6.27. The number of rotatable bonds is 2. The first-order valence-electron chi connectivity index (χ1n) is 4.96. The van der Waals surface area contributed by atoms with E-state index in [1.165, 1.54) is 17.7 Å². The van der Waals surface area contributed by atoms with Crippen molar-refractivity contribution in [1.82, 2.24) is 10.3 Å². The lowest BCUT2D eigenvalue weighted by molar-refractivity contribution is 0.375. The minimum atomic E-state index is 0.515. The molecule has 1 saturated heterocycles. The van der Waals surface area contributed by atoms with Crippen LogP contribution in [0, 0.1) is 0 Å². The summed E-state index contributed by atoms with van der Waals surface area (Å²) >= 11 is 0. The monoisotopic (exact) mass is 176 g/mol. The number of nitrogens with zero attached hydrogens (tertiary/aromatic N) is 1. The smallest absolute Gasteiger partial charge is 0.0573 e. The van der Waals surface area contributed by atoms with Gasteiger partial charge in [0.1, 0.15) is 0 Å². The van der Waals surface area contributed by atoms with E-state index >= 15 is 0 Å². The molecule has 2 rings (SSSR count). The molecule has 0 bridgehead atoms. The van der Waals surface area contributed by atoms with Crippen LogP contribution in [0.1, 0.15) is 43.5 Å². The van der Waals surface area contributed by atoms with Gasteiger partial charge in [-0.15, -0.1) is 0 Å². The summed E-state index contributed by atoms with van der Waals surface area (Å²) in [6.07, 6.45) is 3.23. The van der Waals surface area contributed by atoms with Gasteiger partial charge in [-0.1, -0.05) is 19.9 Å². The second-order valence-electron chi connectivity index (χ2n) is 3.97. The fraction of sp³-hybridized carbons (Fsp3) is 0.545. The van der Waals surface area contributed by atoms with E-state index in [-0.39, 0.29) is 0 Å². The Kier molecular flexibility index (Phi) is 2.32. The zero-order valence-corrected chi connectivity index (χ0v) is 8.25. The lowest BCUT2D eigenvalue weighted by atomic mass is 10.0. The highest BCUT2D eigenvalue weighted by molar-refractivity contribution is 5.20. The third-order valence-electron chi connectivity index (χ3n) is 2.66. The highest BCUT2D eigenvalue weighted by Crippen LogP contribution is 2.22. The quantitative estimate of drug-likeness (QED) is 0.747. The summed E-state index contributed by atoms with van der Waals surface area (Å²) in [5, 5.41) is 3.35. The van der Waals surface area contributed by atoms with Crippen molar-refractivity contribution in [3.63, 3.8) is 0 Å². The molecule has 0 amide bonds. The van der Waals surface area contributed by atoms with Gasteiger partial charge in [0.25, 0.3) is 0 Å². The molecule has 2 heterocycles. The summed E-state index contributed by atoms with van der Waals surface area (Å²) < 4.78 is 0. The first kappa shape index (κ1) is 8.70. The van der Waals surface area contributed by atoms with Crippen LogP contribution in [0.25, 0.3) is 0 Å². The van der Waals surface area contributed by atoms with Gasteiger partial charge >= 0.3 is 0 Å². The molecule has 1 fully saturated rings. The largest absolute Gasteiger partial charge is 0.309 e. The standard InChI is InChI=1S/C11H16N2/c1-8(2)9-3-4-10(13-7-9)11-5-6-12-11/h3-4,7-8,11-12H,5-6H2,1-2H3. The Balaban J connectivity index is 2.13. The van der Waals surface area contributed by atoms with E-state index in [1.54, 1.807) is 0 Å². The van der Waals surface area contributed by atoms with Crippen molar-refractivity contribution in [3.8, 4) is 0 Å². The van der Waals surface area contributed by atoms with E-state index in [0.717, 1.165) is 6.54 Å². The number of hydrogen-bond acceptors (Lipinski definition) is 2. The number of aromatic nitrogens is 1. The summed E-state index contributed by atoms with van der Waals surface area (Å²) in [5.41, 5.74) is 2.51. The Morgan fingerprint density at radius 3 is 2.62 bits per heavy atom. The maximum absolute atomic E-state index is 4.46. The highest BCUT2D eigenvalue weighted by Gasteiger charge is 2.19. The number of pyridine rings is 1. The molecule has 1 unspecified atom stereocenters. The number of nitrogens with one attached hydrogen (secondary N) is 1. The van der Waals surface area contributed by atoms with E-state index in [9.17, 15) is 0 Å². The van der Waals surface area contributed by atoms with Gasteiger partial charge in [0.05, 0.1) is 11.7 Å². The average Bonchev–Trinajstić information content (AvgIpc) is 2.02. The Hall–Kier alpha value is -0.890. The average molecular weight is 176 g/mol. The lowest BCUT2D eigenvalue weighted by Gasteiger charge is -2.27. The summed E-state index contributed by atoms with van der Waals surface area (Å²) in [4.78, 5) is 4.46. The molecule has 1 aliphatic heterocycles. The van der Waals surface area contributed by atoms with Crippen LogP contribution in [-0.4, -0.2) is 11.5 Å². The third-order valence-corrected chi connectivity index (χ3v) is 2.66. The molecule has 2 nitrogen and oxygen atoms in total. The van der Waals surface area contributed by atoms with Gasteiger partial charge in [0.15, 0.2) is 0 Å². The summed E-state index contributed by atoms with van der Waals surface area (Å²) in [6, 6.07) is 4.85. The second-order valence-corrected chi connectivity index (χ2v) is 3.97. The molecule has 1 aliphatic rings. The number of hydrogen-bond donors (Lipinski definition) is 1. The Morgan fingerprint density at radius 1 is 1.46 bits per heavy atom. The Labute approximate surface area is 79.4 Å². The van der Waals surface area contributed by atoms with Gasteiger partial charge in [-0.25, -0.2) is 0 Å². The van der Waals surface area contributed by atoms with Crippen molar-refractivity contribution >= 4 is 0 Å². The molecule has 0 radical (unpaired) electrons. The van der Waals surface area contributed by atoms with Crippen LogP contribution in [0.15, 0.2) is 18.3 Å². The molecule has 13 heavy (non-hydrogen) atoms. The zero-order valence-electron chi connectivity index (χ0n) is 8.25. The molecule has 1 N–H and O–H groups in total. The Morgan fingerprint density at radius 2 is 2.23 bits per heavy atom. The van der Waals surface area contributed by atoms with Crippen molar-refractivity contribution in [3.05, 3.63) is 29.6 Å². The molecular weight excluding hydrogens is 160 g/mol. The first-order valence-corrected chi connectivity index (χ1v) is 4.96. The van der Waals surface area contributed by atoms with Crippen LogP contribution >= 0.6 is 0 Å². The molecule has 0 saturated carbocycles. The summed E-state index contributed by atoms with van der Waals surface area (Å²) in [7, 11) is 0. The normalized spacial score (nSPS) is 21.6. The minimum absolute atomic E-state index is 0.515. The SMILES string of the molecule is CC(C)c1ccc(C2CCN2)nc1. The molecular formula is C11H16N2. The molecule has 70 valence electrons. The summed E-state index contributed by atoms with van der Waals surface area (Å²) in [5.74, 6) is 0.580. The van der Waals surface area contributed by atoms with Crippen LogP contribution < -0.4 is 5.32 Å². The van der Waals surface area contributed by atoms with Crippen LogP contribution in [0.4, 0.5) is 0 Å². The fourth-order valence-electron chi connectivity index (χ4n) is 1.51. The van der Waals surface area contributed by atoms with E-state index in [0.29, 0.717) is 12.0 Å². The van der Waals surface area contributed by atoms with Crippen LogP contribution in [0.3, 0.4) is 0 Å². The van der Waals surface area contributed by atoms with Crippen molar-refractivity contribution in [2.45, 2.75) is 32.2 Å². The predicted octanol–water partition coefficient (Wildman–Crippen LogP) is 2.24. The van der Waals surface area contributed by atoms with Crippen LogP contribution in [-0.2, 0) is 0 Å². The van der Waals surface area contributed by atoms with Crippen molar-refractivity contribution in [2.24, 2.45) is 0 Å². The van der Waals surface area contributed by atoms with Crippen LogP contribution in [0.2, 0.25) is 0 Å². The molecule has 0 aromatic carbocycles. The van der Waals surface area contributed by atoms with E-state index < -0.39 is 0 Å². The van der Waals surface area contributed by atoms with Crippen LogP contribution in [0.5, 0.6) is 0 Å². The second kappa shape index (κ2) is 3.46. The molecule has 0 spiro atoms. The predicted molar refractivity (Wildman–Crippen MR) is 53.7 cm³/mol. The lowest BCUT2D eigenvalue weighted by Crippen LogP contribution is -2.35. The van der Waals surface area contributed by atoms with Gasteiger partial charge in [-0.3, -0.25) is 4.98 Å². The maximum Gasteiger partial charge on any atom is 0.0573 e. The molecule has 1 aromatic rings. The van der Waals surface area contributed by atoms with Crippen molar-refractivity contribution in [2.75, 3.05) is 6.54 Å². The van der Waals surface area contributed by atoms with Gasteiger partial charge in [-0.05, 0) is 30.5 Å². The Bertz CT molecular complexity index is 273. The topological polar surface area (TPSA) is 24.9 Å². The summed E-state index contributed by atoms with van der Waals surface area (Å²) in [6.45, 7) is 5.52. The molecule has 0 aliphatic carbocycles. The third kappa shape index (κ3) is 1.73. The van der Waals surface area contributed by atoms with Crippen molar-refractivity contribution < 1.29 is 0 Å². The van der Waals surface area contributed by atoms with Gasteiger partial charge in [-0.2, -0.15) is 0 Å². The molecule has 1 atom stereocenters. The fourth-order valence-corrected chi connectivity index (χ4v) is 1.51. The van der Waals surface area contributed by atoms with E-state index in [4.69, 9.17) is 0 Å². The van der Waals surface area contributed by atoms with E-state index in [1.807, 2.05) is 6.20 Å². The zero-order chi connectivity index (χ0) is 9.26. The minimum Gasteiger partial charge on any atom is -0.309 e. The van der Waals surface area contributed by atoms with Crippen molar-refractivity contribution in [1.29, 1.82) is 0 Å². The maximum atomic E-state index is 4.46. The highest BCUT2D eigenvalue weighted by atomic mass is 15.0. The van der Waals surface area contributed by atoms with Gasteiger partial charge in [0, 0.05) is 6.20 Å². The molecule has 1 aromatic heterocycles.